The largest absolute Gasteiger partial charge is 0.478 e. The maximum Gasteiger partial charge on any atom is 0.274 e. The average molecular weight is 367 g/mol. The second kappa shape index (κ2) is 7.37. The summed E-state index contributed by atoms with van der Waals surface area (Å²) in [7, 11) is 1.80. The van der Waals surface area contributed by atoms with E-state index >= 15 is 0 Å². The SMILES string of the molecule is Cn1ccc(C(=O)N2C[C@H]3[C@@H](CCOc4ccc(C#N)cn4)CO[C@H]3C2)n1. The summed E-state index contributed by atoms with van der Waals surface area (Å²) in [5.74, 6) is 1.17. The number of likely N-dealkylation sites (tertiary alicyclic amines) is 1. The lowest BCUT2D eigenvalue weighted by Gasteiger charge is -2.19. The summed E-state index contributed by atoms with van der Waals surface area (Å²) in [6, 6.07) is 7.17. The second-order valence-electron chi connectivity index (χ2n) is 7.01. The normalized spacial score (nSPS) is 23.9. The van der Waals surface area contributed by atoms with E-state index in [1.165, 1.54) is 6.20 Å². The minimum atomic E-state index is -0.0367. The lowest BCUT2D eigenvalue weighted by molar-refractivity contribution is 0.0666. The number of aryl methyl sites for hydroxylation is 1. The molecule has 0 aliphatic carbocycles. The first-order valence-corrected chi connectivity index (χ1v) is 9.03. The number of nitrogens with zero attached hydrogens (tertiary/aromatic N) is 5. The summed E-state index contributed by atoms with van der Waals surface area (Å²) in [6.07, 6.45) is 4.21. The smallest absolute Gasteiger partial charge is 0.274 e. The quantitative estimate of drug-likeness (QED) is 0.789. The monoisotopic (exact) mass is 367 g/mol. The van der Waals surface area contributed by atoms with Crippen LogP contribution in [0.15, 0.2) is 30.6 Å². The number of hydrogen-bond donors (Lipinski definition) is 0. The zero-order chi connectivity index (χ0) is 18.8. The van der Waals surface area contributed by atoms with Gasteiger partial charge in [0.2, 0.25) is 5.88 Å². The van der Waals surface area contributed by atoms with Gasteiger partial charge in [0.15, 0.2) is 0 Å². The third-order valence-corrected chi connectivity index (χ3v) is 5.26. The van der Waals surface area contributed by atoms with Crippen molar-refractivity contribution in [2.45, 2.75) is 12.5 Å². The zero-order valence-electron chi connectivity index (χ0n) is 15.1. The Morgan fingerprint density at radius 2 is 2.30 bits per heavy atom. The van der Waals surface area contributed by atoms with Crippen molar-refractivity contribution >= 4 is 5.91 Å². The topological polar surface area (TPSA) is 93.3 Å². The van der Waals surface area contributed by atoms with Crippen molar-refractivity contribution in [1.29, 1.82) is 5.26 Å². The number of carbonyl (C=O) groups excluding carboxylic acids is 1. The minimum Gasteiger partial charge on any atom is -0.478 e. The van der Waals surface area contributed by atoms with Gasteiger partial charge in [-0.3, -0.25) is 9.48 Å². The Morgan fingerprint density at radius 1 is 1.41 bits per heavy atom. The highest BCUT2D eigenvalue weighted by Gasteiger charge is 2.45. The lowest BCUT2D eigenvalue weighted by atomic mass is 9.91. The van der Waals surface area contributed by atoms with Crippen molar-refractivity contribution in [3.63, 3.8) is 0 Å². The maximum atomic E-state index is 12.6. The van der Waals surface area contributed by atoms with Crippen LogP contribution >= 0.6 is 0 Å². The van der Waals surface area contributed by atoms with E-state index in [1.54, 1.807) is 36.1 Å². The molecule has 0 saturated carbocycles. The molecule has 2 aliphatic rings. The molecule has 0 aromatic carbocycles. The van der Waals surface area contributed by atoms with Gasteiger partial charge in [-0.15, -0.1) is 0 Å². The average Bonchev–Trinajstić information content (AvgIpc) is 3.38. The van der Waals surface area contributed by atoms with Gasteiger partial charge in [-0.2, -0.15) is 10.4 Å². The molecule has 1 amide bonds. The maximum absolute atomic E-state index is 12.6. The standard InChI is InChI=1S/C19H21N5O3/c1-23-6-4-16(22-23)19(25)24-10-15-14(12-27-17(15)11-24)5-7-26-18-3-2-13(8-20)9-21-18/h2-4,6,9,14-15,17H,5,7,10-12H2,1H3/t14-,15-,17-/m0/s1. The minimum absolute atomic E-state index is 0.0367. The molecule has 2 aromatic heterocycles. The van der Waals surface area contributed by atoms with Gasteiger partial charge in [0.1, 0.15) is 11.8 Å². The van der Waals surface area contributed by atoms with Crippen molar-refractivity contribution in [2.75, 3.05) is 26.3 Å². The highest BCUT2D eigenvalue weighted by atomic mass is 16.5. The first-order chi connectivity index (χ1) is 13.1. The van der Waals surface area contributed by atoms with Crippen LogP contribution in [0.4, 0.5) is 0 Å². The number of carbonyl (C=O) groups is 1. The molecule has 2 saturated heterocycles. The van der Waals surface area contributed by atoms with Crippen molar-refractivity contribution in [3.8, 4) is 11.9 Å². The Morgan fingerprint density at radius 3 is 3.00 bits per heavy atom. The molecule has 2 aliphatic heterocycles. The van der Waals surface area contributed by atoms with Crippen LogP contribution in [0.2, 0.25) is 0 Å². The van der Waals surface area contributed by atoms with Gasteiger partial charge in [-0.05, 0) is 24.5 Å². The van der Waals surface area contributed by atoms with Gasteiger partial charge in [0, 0.05) is 44.5 Å². The molecule has 27 heavy (non-hydrogen) atoms. The number of rotatable bonds is 5. The predicted molar refractivity (Wildman–Crippen MR) is 94.9 cm³/mol. The molecule has 140 valence electrons. The summed E-state index contributed by atoms with van der Waals surface area (Å²) < 4.78 is 13.2. The Bertz CT molecular complexity index is 857. The Hall–Kier alpha value is -2.92. The van der Waals surface area contributed by atoms with Gasteiger partial charge in [0.25, 0.3) is 5.91 Å². The summed E-state index contributed by atoms with van der Waals surface area (Å²) in [4.78, 5) is 18.5. The Balaban J connectivity index is 1.29. The van der Waals surface area contributed by atoms with E-state index in [2.05, 4.69) is 10.1 Å². The number of pyridine rings is 1. The third kappa shape index (κ3) is 3.64. The van der Waals surface area contributed by atoms with Gasteiger partial charge in [-0.25, -0.2) is 4.98 Å². The molecule has 0 radical (unpaired) electrons. The van der Waals surface area contributed by atoms with E-state index in [0.717, 1.165) is 6.42 Å². The molecule has 3 atom stereocenters. The number of ether oxygens (including phenoxy) is 2. The molecule has 4 rings (SSSR count). The third-order valence-electron chi connectivity index (χ3n) is 5.26. The lowest BCUT2D eigenvalue weighted by Crippen LogP contribution is -2.31. The van der Waals surface area contributed by atoms with Crippen molar-refractivity contribution in [2.24, 2.45) is 18.9 Å². The molecule has 4 heterocycles. The van der Waals surface area contributed by atoms with Crippen molar-refractivity contribution in [1.82, 2.24) is 19.7 Å². The molecule has 0 bridgehead atoms. The Labute approximate surface area is 157 Å². The molecule has 0 N–H and O–H groups in total. The highest BCUT2D eigenvalue weighted by molar-refractivity contribution is 5.92. The van der Waals surface area contributed by atoms with Gasteiger partial charge < -0.3 is 14.4 Å². The van der Waals surface area contributed by atoms with E-state index in [1.807, 2.05) is 11.0 Å². The van der Waals surface area contributed by atoms with E-state index in [0.29, 0.717) is 55.3 Å². The van der Waals surface area contributed by atoms with E-state index in [4.69, 9.17) is 14.7 Å². The summed E-state index contributed by atoms with van der Waals surface area (Å²) >= 11 is 0. The van der Waals surface area contributed by atoms with Crippen LogP contribution in [-0.4, -0.2) is 58.0 Å². The van der Waals surface area contributed by atoms with E-state index in [9.17, 15) is 4.79 Å². The van der Waals surface area contributed by atoms with E-state index < -0.39 is 0 Å². The fourth-order valence-electron chi connectivity index (χ4n) is 3.80. The molecule has 0 spiro atoms. The predicted octanol–water partition coefficient (Wildman–Crippen LogP) is 1.24. The van der Waals surface area contributed by atoms with Gasteiger partial charge in [0.05, 0.1) is 24.9 Å². The molecule has 8 heteroatoms. The number of aromatic nitrogens is 3. The van der Waals surface area contributed by atoms with Gasteiger partial charge in [-0.1, -0.05) is 0 Å². The van der Waals surface area contributed by atoms with Crippen molar-refractivity contribution in [3.05, 3.63) is 41.9 Å². The molecule has 2 fully saturated rings. The van der Waals surface area contributed by atoms with Crippen LogP contribution in [0.1, 0.15) is 22.5 Å². The molecule has 2 aromatic rings. The first kappa shape index (κ1) is 17.5. The number of nitriles is 1. The fraction of sp³-hybridized carbons (Fsp3) is 0.474. The van der Waals surface area contributed by atoms with Crippen molar-refractivity contribution < 1.29 is 14.3 Å². The van der Waals surface area contributed by atoms with E-state index in [-0.39, 0.29) is 12.0 Å². The van der Waals surface area contributed by atoms with Crippen LogP contribution in [0.5, 0.6) is 5.88 Å². The van der Waals surface area contributed by atoms with Gasteiger partial charge >= 0.3 is 0 Å². The Kier molecular flexibility index (Phi) is 4.77. The summed E-state index contributed by atoms with van der Waals surface area (Å²) in [5, 5.41) is 13.0. The number of fused-ring (bicyclic) bond motifs is 1. The molecule has 0 unspecified atom stereocenters. The highest BCUT2D eigenvalue weighted by Crippen LogP contribution is 2.36. The zero-order valence-corrected chi connectivity index (χ0v) is 15.1. The second-order valence-corrected chi connectivity index (χ2v) is 7.01. The van der Waals surface area contributed by atoms with Crippen LogP contribution in [0.25, 0.3) is 0 Å². The van der Waals surface area contributed by atoms with Crippen LogP contribution < -0.4 is 4.74 Å². The summed E-state index contributed by atoms with van der Waals surface area (Å²) in [5.41, 5.74) is 0.988. The van der Waals surface area contributed by atoms with Crippen LogP contribution in [-0.2, 0) is 11.8 Å². The molecular formula is C19H21N5O3. The molecule has 8 nitrogen and oxygen atoms in total. The van der Waals surface area contributed by atoms with Crippen LogP contribution in [0.3, 0.4) is 0 Å². The fourth-order valence-corrected chi connectivity index (χ4v) is 3.80. The number of hydrogen-bond acceptors (Lipinski definition) is 6. The summed E-state index contributed by atoms with van der Waals surface area (Å²) in [6.45, 7) is 2.55. The van der Waals surface area contributed by atoms with Crippen LogP contribution in [0, 0.1) is 23.2 Å². The molecular weight excluding hydrogens is 346 g/mol. The first-order valence-electron chi connectivity index (χ1n) is 9.03. The number of amides is 1.